The van der Waals surface area contributed by atoms with E-state index in [0.29, 0.717) is 11.5 Å². The highest BCUT2D eigenvalue weighted by Gasteiger charge is 2.16. The molecule has 2 heterocycles. The molecule has 0 unspecified atom stereocenters. The number of nitrogens with zero attached hydrogens (tertiary/aromatic N) is 4. The molecular weight excluding hydrogens is 392 g/mol. The molecule has 0 spiro atoms. The van der Waals surface area contributed by atoms with Gasteiger partial charge in [0, 0.05) is 36.5 Å². The fraction of sp³-hybridized carbons (Fsp3) is 0.211. The largest absolute Gasteiger partial charge is 0.383 e. The first kappa shape index (κ1) is 19.8. The van der Waals surface area contributed by atoms with E-state index in [1.54, 1.807) is 29.2 Å². The molecule has 0 radical (unpaired) electrons. The number of allylic oxidation sites excluding steroid dienone is 6. The summed E-state index contributed by atoms with van der Waals surface area (Å²) in [6.07, 6.45) is 15.3. The molecule has 6 nitrogen and oxygen atoms in total. The third kappa shape index (κ3) is 4.56. The van der Waals surface area contributed by atoms with Crippen LogP contribution in [-0.2, 0) is 6.42 Å². The van der Waals surface area contributed by atoms with E-state index in [1.165, 1.54) is 0 Å². The summed E-state index contributed by atoms with van der Waals surface area (Å²) in [5.41, 5.74) is 9.57. The van der Waals surface area contributed by atoms with Gasteiger partial charge < -0.3 is 11.1 Å². The maximum atomic E-state index is 6.25. The molecule has 0 aromatic carbocycles. The second-order valence-electron chi connectivity index (χ2n) is 5.41. The molecule has 26 heavy (non-hydrogen) atoms. The number of halogens is 1. The van der Waals surface area contributed by atoms with Gasteiger partial charge in [0.25, 0.3) is 0 Å². The Morgan fingerprint density at radius 1 is 1.46 bits per heavy atom. The lowest BCUT2D eigenvalue weighted by Gasteiger charge is -2.09. The molecule has 0 fully saturated rings. The quantitative estimate of drug-likeness (QED) is 0.510. The lowest BCUT2D eigenvalue weighted by molar-refractivity contribution is 0.770. The molecule has 7 heteroatoms. The summed E-state index contributed by atoms with van der Waals surface area (Å²) < 4.78 is 2.41. The predicted octanol–water partition coefficient (Wildman–Crippen LogP) is 3.57. The Hall–Kier alpha value is -2.51. The Morgan fingerprint density at radius 3 is 2.96 bits per heavy atom. The van der Waals surface area contributed by atoms with Gasteiger partial charge in [0.05, 0.1) is 16.4 Å². The SMILES string of the molecule is C=C/C=C/C=C(\C=N\C=C\C)c1cnn2c(N)c(Br)c(CCNC)nc12. The molecule has 2 aromatic rings. The number of anilines is 1. The summed E-state index contributed by atoms with van der Waals surface area (Å²) in [4.78, 5) is 9.07. The Labute approximate surface area is 162 Å². The lowest BCUT2D eigenvalue weighted by Crippen LogP contribution is -2.13. The van der Waals surface area contributed by atoms with E-state index >= 15 is 0 Å². The van der Waals surface area contributed by atoms with Crippen molar-refractivity contribution in [3.8, 4) is 0 Å². The molecule has 0 saturated carbocycles. The zero-order chi connectivity index (χ0) is 18.9. The number of fused-ring (bicyclic) bond motifs is 1. The van der Waals surface area contributed by atoms with Crippen LogP contribution in [-0.4, -0.2) is 34.4 Å². The first-order valence-electron chi connectivity index (χ1n) is 8.24. The van der Waals surface area contributed by atoms with E-state index in [1.807, 2.05) is 38.3 Å². The third-order valence-corrected chi connectivity index (χ3v) is 4.45. The molecule has 0 aliphatic heterocycles. The Morgan fingerprint density at radius 2 is 2.27 bits per heavy atom. The van der Waals surface area contributed by atoms with Gasteiger partial charge in [0.1, 0.15) is 5.82 Å². The molecule has 2 aromatic heterocycles. The second kappa shape index (κ2) is 9.84. The monoisotopic (exact) mass is 414 g/mol. The molecular formula is C19H23BrN6. The van der Waals surface area contributed by atoms with E-state index < -0.39 is 0 Å². The van der Waals surface area contributed by atoms with Gasteiger partial charge in [-0.05, 0) is 29.9 Å². The standard InChI is InChI=1S/C19H23BrN6/c1-4-6-7-8-14(12-23-10-5-2)15-13-24-26-18(21)17(20)16(9-11-22-3)25-19(15)26/h4-8,10,12-13,22H,1,9,11,21H2,2-3H3/b7-6+,10-5+,14-8+,23-12+. The molecule has 0 aliphatic carbocycles. The van der Waals surface area contributed by atoms with Gasteiger partial charge >= 0.3 is 0 Å². The number of likely N-dealkylation sites (N-methyl/N-ethyl adjacent to an activating group) is 1. The zero-order valence-corrected chi connectivity index (χ0v) is 16.6. The van der Waals surface area contributed by atoms with Crippen LogP contribution in [0.5, 0.6) is 0 Å². The molecule has 0 atom stereocenters. The Bertz CT molecular complexity index is 889. The number of aliphatic imine (C=N–C) groups is 1. The topological polar surface area (TPSA) is 80.6 Å². The minimum absolute atomic E-state index is 0.527. The van der Waals surface area contributed by atoms with Crippen LogP contribution in [0, 0.1) is 0 Å². The Kier molecular flexibility index (Phi) is 7.50. The van der Waals surface area contributed by atoms with Crippen molar-refractivity contribution < 1.29 is 0 Å². The van der Waals surface area contributed by atoms with Gasteiger partial charge in [-0.25, -0.2) is 4.98 Å². The van der Waals surface area contributed by atoms with Gasteiger partial charge in [-0.3, -0.25) is 4.99 Å². The normalized spacial score (nSPS) is 13.0. The zero-order valence-electron chi connectivity index (χ0n) is 15.0. The van der Waals surface area contributed by atoms with Crippen LogP contribution in [0.15, 0.2) is 58.8 Å². The molecule has 0 bridgehead atoms. The van der Waals surface area contributed by atoms with Gasteiger partial charge in [-0.15, -0.1) is 0 Å². The highest BCUT2D eigenvalue weighted by Crippen LogP contribution is 2.27. The summed E-state index contributed by atoms with van der Waals surface area (Å²) in [5, 5.41) is 7.52. The smallest absolute Gasteiger partial charge is 0.165 e. The molecule has 0 saturated heterocycles. The van der Waals surface area contributed by atoms with E-state index in [-0.39, 0.29) is 0 Å². The minimum Gasteiger partial charge on any atom is -0.383 e. The van der Waals surface area contributed by atoms with Crippen LogP contribution in [0.25, 0.3) is 11.2 Å². The van der Waals surface area contributed by atoms with Gasteiger partial charge in [-0.2, -0.15) is 9.61 Å². The predicted molar refractivity (Wildman–Crippen MR) is 113 cm³/mol. The lowest BCUT2D eigenvalue weighted by atomic mass is 10.1. The third-order valence-electron chi connectivity index (χ3n) is 3.59. The van der Waals surface area contributed by atoms with Crippen molar-refractivity contribution in [3.05, 3.63) is 65.1 Å². The van der Waals surface area contributed by atoms with Crippen molar-refractivity contribution in [2.75, 3.05) is 19.3 Å². The van der Waals surface area contributed by atoms with Crippen molar-refractivity contribution in [1.82, 2.24) is 19.9 Å². The fourth-order valence-corrected chi connectivity index (χ4v) is 2.76. The van der Waals surface area contributed by atoms with Crippen LogP contribution < -0.4 is 11.1 Å². The van der Waals surface area contributed by atoms with Gasteiger partial charge in [0.2, 0.25) is 0 Å². The van der Waals surface area contributed by atoms with Crippen LogP contribution in [0.1, 0.15) is 18.2 Å². The first-order chi connectivity index (χ1) is 12.6. The number of hydrogen-bond donors (Lipinski definition) is 2. The molecule has 136 valence electrons. The summed E-state index contributed by atoms with van der Waals surface area (Å²) in [5.74, 6) is 0.527. The number of aromatic nitrogens is 3. The number of nitrogens with one attached hydrogen (secondary N) is 1. The van der Waals surface area contributed by atoms with Crippen molar-refractivity contribution in [1.29, 1.82) is 0 Å². The Balaban J connectivity index is 2.61. The minimum atomic E-state index is 0.527. The summed E-state index contributed by atoms with van der Waals surface area (Å²) in [6, 6.07) is 0. The maximum Gasteiger partial charge on any atom is 0.165 e. The molecule has 0 aliphatic rings. The number of rotatable bonds is 8. The van der Waals surface area contributed by atoms with E-state index in [9.17, 15) is 0 Å². The van der Waals surface area contributed by atoms with Crippen LogP contribution in [0.3, 0.4) is 0 Å². The summed E-state index contributed by atoms with van der Waals surface area (Å²) >= 11 is 3.53. The number of nitrogen functional groups attached to an aromatic ring is 1. The van der Waals surface area contributed by atoms with Crippen molar-refractivity contribution >= 4 is 39.2 Å². The van der Waals surface area contributed by atoms with E-state index in [0.717, 1.165) is 34.3 Å². The van der Waals surface area contributed by atoms with Crippen LogP contribution in [0.2, 0.25) is 0 Å². The van der Waals surface area contributed by atoms with Gasteiger partial charge in [-0.1, -0.05) is 37.0 Å². The van der Waals surface area contributed by atoms with Gasteiger partial charge in [0.15, 0.2) is 5.65 Å². The van der Waals surface area contributed by atoms with Crippen molar-refractivity contribution in [3.63, 3.8) is 0 Å². The molecule has 2 rings (SSSR count). The molecule has 3 N–H and O–H groups in total. The molecule has 0 amide bonds. The van der Waals surface area contributed by atoms with Crippen molar-refractivity contribution in [2.24, 2.45) is 4.99 Å². The van der Waals surface area contributed by atoms with E-state index in [2.05, 4.69) is 37.9 Å². The van der Waals surface area contributed by atoms with Crippen molar-refractivity contribution in [2.45, 2.75) is 13.3 Å². The first-order valence-corrected chi connectivity index (χ1v) is 9.03. The number of hydrogen-bond acceptors (Lipinski definition) is 5. The van der Waals surface area contributed by atoms with E-state index in [4.69, 9.17) is 10.7 Å². The highest BCUT2D eigenvalue weighted by atomic mass is 79.9. The highest BCUT2D eigenvalue weighted by molar-refractivity contribution is 9.10. The average molecular weight is 415 g/mol. The van der Waals surface area contributed by atoms with Crippen LogP contribution in [0.4, 0.5) is 5.82 Å². The number of nitrogens with two attached hydrogens (primary N) is 1. The fourth-order valence-electron chi connectivity index (χ4n) is 2.31. The summed E-state index contributed by atoms with van der Waals surface area (Å²) in [7, 11) is 1.91. The average Bonchev–Trinajstić information content (AvgIpc) is 3.06. The van der Waals surface area contributed by atoms with Crippen LogP contribution >= 0.6 is 15.9 Å². The summed E-state index contributed by atoms with van der Waals surface area (Å²) in [6.45, 7) is 6.41. The second-order valence-corrected chi connectivity index (χ2v) is 6.20. The maximum absolute atomic E-state index is 6.25.